The summed E-state index contributed by atoms with van der Waals surface area (Å²) in [5.41, 5.74) is 1.09. The Morgan fingerprint density at radius 1 is 0.871 bits per heavy atom. The van der Waals surface area contributed by atoms with E-state index in [2.05, 4.69) is 4.72 Å². The number of amides is 1. The molecule has 1 aliphatic heterocycles. The Hall–Kier alpha value is -2.70. The molecule has 31 heavy (non-hydrogen) atoms. The molecule has 162 valence electrons. The minimum absolute atomic E-state index is 0.126. The van der Waals surface area contributed by atoms with Gasteiger partial charge in [-0.25, -0.2) is 8.42 Å². The molecule has 1 heterocycles. The van der Waals surface area contributed by atoms with Gasteiger partial charge in [0.25, 0.3) is 0 Å². The molecule has 1 N–H and O–H groups in total. The number of carbonyl (C=O) groups is 1. The van der Waals surface area contributed by atoms with Crippen LogP contribution in [0, 0.1) is 0 Å². The van der Waals surface area contributed by atoms with Gasteiger partial charge in [0.1, 0.15) is 6.04 Å². The van der Waals surface area contributed by atoms with E-state index in [1.165, 1.54) is 0 Å². The van der Waals surface area contributed by atoms with E-state index in [9.17, 15) is 13.2 Å². The van der Waals surface area contributed by atoms with Crippen molar-refractivity contribution >= 4 is 26.7 Å². The van der Waals surface area contributed by atoms with Gasteiger partial charge in [-0.3, -0.25) is 4.79 Å². The quantitative estimate of drug-likeness (QED) is 0.606. The summed E-state index contributed by atoms with van der Waals surface area (Å²) in [6, 6.07) is 21.7. The van der Waals surface area contributed by atoms with Crippen molar-refractivity contribution in [2.24, 2.45) is 0 Å². The van der Waals surface area contributed by atoms with E-state index in [1.54, 1.807) is 18.2 Å². The Kier molecular flexibility index (Phi) is 6.68. The van der Waals surface area contributed by atoms with Gasteiger partial charge in [0.05, 0.1) is 4.90 Å². The molecule has 1 aliphatic rings. The molecule has 6 heteroatoms. The van der Waals surface area contributed by atoms with Crippen LogP contribution in [0.15, 0.2) is 77.7 Å². The lowest BCUT2D eigenvalue weighted by Crippen LogP contribution is -2.50. The first-order valence-corrected chi connectivity index (χ1v) is 12.4. The molecule has 5 nitrogen and oxygen atoms in total. The Labute approximate surface area is 184 Å². The fourth-order valence-electron chi connectivity index (χ4n) is 4.20. The zero-order valence-corrected chi connectivity index (χ0v) is 18.4. The van der Waals surface area contributed by atoms with Crippen molar-refractivity contribution in [2.45, 2.75) is 43.0 Å². The number of sulfonamides is 1. The van der Waals surface area contributed by atoms with Crippen LogP contribution in [0.1, 0.15) is 31.2 Å². The summed E-state index contributed by atoms with van der Waals surface area (Å²) in [6.45, 7) is 1.38. The molecule has 1 saturated heterocycles. The monoisotopic (exact) mass is 436 g/mol. The summed E-state index contributed by atoms with van der Waals surface area (Å²) in [5, 5.41) is 1.51. The Bertz CT molecular complexity index is 1130. The fourth-order valence-corrected chi connectivity index (χ4v) is 5.66. The van der Waals surface area contributed by atoms with Gasteiger partial charge in [-0.1, -0.05) is 66.7 Å². The van der Waals surface area contributed by atoms with Gasteiger partial charge in [0.15, 0.2) is 0 Å². The number of fused-ring (bicyclic) bond motifs is 1. The molecule has 1 atom stereocenters. The highest BCUT2D eigenvalue weighted by Crippen LogP contribution is 2.24. The van der Waals surface area contributed by atoms with E-state index in [0.717, 1.165) is 30.2 Å². The predicted molar refractivity (Wildman–Crippen MR) is 123 cm³/mol. The Balaban J connectivity index is 1.61. The van der Waals surface area contributed by atoms with Gasteiger partial charge in [0.2, 0.25) is 15.9 Å². The van der Waals surface area contributed by atoms with Crippen molar-refractivity contribution in [3.8, 4) is 0 Å². The summed E-state index contributed by atoms with van der Waals surface area (Å²) >= 11 is 0. The number of nitrogens with one attached hydrogen (secondary N) is 1. The van der Waals surface area contributed by atoms with Crippen LogP contribution in [-0.2, 0) is 21.2 Å². The van der Waals surface area contributed by atoms with Crippen molar-refractivity contribution in [1.29, 1.82) is 0 Å². The molecule has 0 spiro atoms. The van der Waals surface area contributed by atoms with Gasteiger partial charge >= 0.3 is 0 Å². The number of hydrogen-bond donors (Lipinski definition) is 1. The summed E-state index contributed by atoms with van der Waals surface area (Å²) in [7, 11) is -3.87. The number of rotatable bonds is 7. The molecule has 3 aromatic rings. The minimum Gasteiger partial charge on any atom is -0.341 e. The second kappa shape index (κ2) is 9.62. The summed E-state index contributed by atoms with van der Waals surface area (Å²) in [4.78, 5) is 15.3. The largest absolute Gasteiger partial charge is 0.341 e. The predicted octanol–water partition coefficient (Wildman–Crippen LogP) is 4.13. The van der Waals surface area contributed by atoms with Crippen LogP contribution >= 0.6 is 0 Å². The second-order valence-electron chi connectivity index (χ2n) is 8.06. The third kappa shape index (κ3) is 5.14. The Morgan fingerprint density at radius 2 is 1.55 bits per heavy atom. The molecular weight excluding hydrogens is 408 g/mol. The van der Waals surface area contributed by atoms with Crippen molar-refractivity contribution in [3.05, 3.63) is 78.4 Å². The van der Waals surface area contributed by atoms with Gasteiger partial charge in [-0.05, 0) is 49.1 Å². The first-order valence-electron chi connectivity index (χ1n) is 10.9. The van der Waals surface area contributed by atoms with Crippen LogP contribution in [0.2, 0.25) is 0 Å². The summed E-state index contributed by atoms with van der Waals surface area (Å²) < 4.78 is 29.5. The summed E-state index contributed by atoms with van der Waals surface area (Å²) in [5.74, 6) is -0.126. The smallest absolute Gasteiger partial charge is 0.241 e. The maximum Gasteiger partial charge on any atom is 0.241 e. The van der Waals surface area contributed by atoms with E-state index in [-0.39, 0.29) is 10.8 Å². The number of likely N-dealkylation sites (tertiary alicyclic amines) is 1. The average molecular weight is 437 g/mol. The first-order chi connectivity index (χ1) is 15.0. The van der Waals surface area contributed by atoms with Gasteiger partial charge in [-0.2, -0.15) is 4.72 Å². The van der Waals surface area contributed by atoms with E-state index < -0.39 is 16.1 Å². The number of nitrogens with zero attached hydrogens (tertiary/aromatic N) is 1. The molecule has 0 radical (unpaired) electrons. The normalized spacial score (nSPS) is 15.7. The van der Waals surface area contributed by atoms with Crippen molar-refractivity contribution in [1.82, 2.24) is 9.62 Å². The van der Waals surface area contributed by atoms with Crippen LogP contribution in [-0.4, -0.2) is 38.4 Å². The van der Waals surface area contributed by atoms with Crippen molar-refractivity contribution < 1.29 is 13.2 Å². The lowest BCUT2D eigenvalue weighted by Gasteiger charge is -2.31. The van der Waals surface area contributed by atoms with Crippen LogP contribution in [0.5, 0.6) is 0 Å². The third-order valence-corrected chi connectivity index (χ3v) is 7.40. The van der Waals surface area contributed by atoms with E-state index in [4.69, 9.17) is 0 Å². The molecular formula is C25H28N2O3S. The van der Waals surface area contributed by atoms with Crippen LogP contribution in [0.4, 0.5) is 0 Å². The SMILES string of the molecule is O=C(C(CCc1ccccc1)NS(=O)(=O)c1cccc2ccccc12)N1CCCCC1. The molecule has 4 rings (SSSR count). The van der Waals surface area contributed by atoms with E-state index in [1.807, 2.05) is 59.5 Å². The highest BCUT2D eigenvalue weighted by atomic mass is 32.2. The van der Waals surface area contributed by atoms with Crippen LogP contribution in [0.3, 0.4) is 0 Å². The van der Waals surface area contributed by atoms with Crippen LogP contribution in [0.25, 0.3) is 10.8 Å². The highest BCUT2D eigenvalue weighted by molar-refractivity contribution is 7.89. The third-order valence-electron chi connectivity index (χ3n) is 5.87. The number of aryl methyl sites for hydroxylation is 1. The maximum atomic E-state index is 13.4. The zero-order chi connectivity index (χ0) is 21.7. The van der Waals surface area contributed by atoms with Gasteiger partial charge < -0.3 is 4.90 Å². The molecule has 1 fully saturated rings. The molecule has 0 bridgehead atoms. The summed E-state index contributed by atoms with van der Waals surface area (Å²) in [6.07, 6.45) is 4.09. The average Bonchev–Trinajstić information content (AvgIpc) is 2.82. The van der Waals surface area contributed by atoms with Crippen LogP contribution < -0.4 is 4.72 Å². The van der Waals surface area contributed by atoms with Gasteiger partial charge in [0, 0.05) is 18.5 Å². The van der Waals surface area contributed by atoms with E-state index in [0.29, 0.717) is 31.3 Å². The maximum absolute atomic E-state index is 13.4. The standard InChI is InChI=1S/C25H28N2O3S/c28-25(27-18-7-2-8-19-27)23(17-16-20-10-3-1-4-11-20)26-31(29,30)24-15-9-13-21-12-5-6-14-22(21)24/h1,3-6,9-15,23,26H,2,7-8,16-19H2. The number of hydrogen-bond acceptors (Lipinski definition) is 3. The zero-order valence-electron chi connectivity index (χ0n) is 17.5. The van der Waals surface area contributed by atoms with Crippen molar-refractivity contribution in [2.75, 3.05) is 13.1 Å². The molecule has 1 unspecified atom stereocenters. The number of carbonyl (C=O) groups excluding carboxylic acids is 1. The molecule has 0 aromatic heterocycles. The first kappa shape index (κ1) is 21.5. The Morgan fingerprint density at radius 3 is 2.32 bits per heavy atom. The molecule has 0 saturated carbocycles. The lowest BCUT2D eigenvalue weighted by molar-refractivity contribution is -0.134. The second-order valence-corrected chi connectivity index (χ2v) is 9.74. The molecule has 1 amide bonds. The lowest BCUT2D eigenvalue weighted by atomic mass is 10.0. The fraction of sp³-hybridized carbons (Fsp3) is 0.320. The van der Waals surface area contributed by atoms with Gasteiger partial charge in [-0.15, -0.1) is 0 Å². The molecule has 3 aromatic carbocycles. The minimum atomic E-state index is -3.87. The molecule has 0 aliphatic carbocycles. The van der Waals surface area contributed by atoms with E-state index >= 15 is 0 Å². The number of benzene rings is 3. The topological polar surface area (TPSA) is 66.5 Å². The highest BCUT2D eigenvalue weighted by Gasteiger charge is 2.30. The van der Waals surface area contributed by atoms with Crippen molar-refractivity contribution in [3.63, 3.8) is 0 Å². The number of piperidine rings is 1.